The number of rotatable bonds is 1. The van der Waals surface area contributed by atoms with Crippen LogP contribution in [0.4, 0.5) is 13.2 Å². The first-order chi connectivity index (χ1) is 9.48. The van der Waals surface area contributed by atoms with E-state index in [2.05, 4.69) is 0 Å². The van der Waals surface area contributed by atoms with E-state index in [-0.39, 0.29) is 5.56 Å². The van der Waals surface area contributed by atoms with Crippen molar-refractivity contribution in [1.29, 1.82) is 0 Å². The highest BCUT2D eigenvalue weighted by atomic mass is 19.4. The van der Waals surface area contributed by atoms with Gasteiger partial charge in [-0.15, -0.1) is 0 Å². The van der Waals surface area contributed by atoms with Gasteiger partial charge in [0.2, 0.25) is 0 Å². The molecule has 0 saturated carbocycles. The van der Waals surface area contributed by atoms with Crippen molar-refractivity contribution in [2.24, 2.45) is 0 Å². The molecule has 104 valence electrons. The molecule has 2 aromatic carbocycles. The molecule has 20 heavy (non-hydrogen) atoms. The number of alkyl halides is 3. The quantitative estimate of drug-likeness (QED) is 0.820. The first-order valence-electron chi connectivity index (χ1n) is 6.44. The van der Waals surface area contributed by atoms with E-state index >= 15 is 0 Å². The van der Waals surface area contributed by atoms with E-state index in [1.165, 1.54) is 0 Å². The number of hydrogen-bond acceptors (Lipinski definition) is 1. The van der Waals surface area contributed by atoms with Gasteiger partial charge in [-0.1, -0.05) is 42.5 Å². The monoisotopic (exact) mass is 278 g/mol. The van der Waals surface area contributed by atoms with Gasteiger partial charge in [0.1, 0.15) is 0 Å². The van der Waals surface area contributed by atoms with Gasteiger partial charge in [0.15, 0.2) is 6.10 Å². The fourth-order valence-electron chi connectivity index (χ4n) is 2.75. The summed E-state index contributed by atoms with van der Waals surface area (Å²) in [6, 6.07) is 8.80. The Labute approximate surface area is 114 Å². The third kappa shape index (κ3) is 2.10. The molecule has 0 fully saturated rings. The van der Waals surface area contributed by atoms with Crippen molar-refractivity contribution >= 4 is 16.8 Å². The lowest BCUT2D eigenvalue weighted by atomic mass is 9.86. The van der Waals surface area contributed by atoms with Crippen molar-refractivity contribution < 1.29 is 18.3 Å². The van der Waals surface area contributed by atoms with Gasteiger partial charge < -0.3 is 5.11 Å². The molecular formula is C16H13F3O. The second-order valence-corrected chi connectivity index (χ2v) is 4.97. The fourth-order valence-corrected chi connectivity index (χ4v) is 2.75. The van der Waals surface area contributed by atoms with Crippen molar-refractivity contribution in [1.82, 2.24) is 0 Å². The number of aliphatic hydroxyl groups excluding tert-OH is 1. The van der Waals surface area contributed by atoms with Crippen LogP contribution in [0.25, 0.3) is 16.8 Å². The maximum absolute atomic E-state index is 13.0. The SMILES string of the molecule is OC(c1c2c(cc3ccccc13)CCC=C2)C(F)(F)F. The predicted octanol–water partition coefficient (Wildman–Crippen LogP) is 4.39. The van der Waals surface area contributed by atoms with Crippen LogP contribution in [-0.4, -0.2) is 11.3 Å². The molecule has 0 heterocycles. The minimum Gasteiger partial charge on any atom is -0.379 e. The lowest BCUT2D eigenvalue weighted by Gasteiger charge is -2.23. The van der Waals surface area contributed by atoms with Gasteiger partial charge in [-0.2, -0.15) is 13.2 Å². The largest absolute Gasteiger partial charge is 0.418 e. The molecule has 0 saturated heterocycles. The molecule has 4 heteroatoms. The molecule has 1 N–H and O–H groups in total. The summed E-state index contributed by atoms with van der Waals surface area (Å²) in [5.41, 5.74) is 1.35. The van der Waals surface area contributed by atoms with Gasteiger partial charge in [0, 0.05) is 5.56 Å². The van der Waals surface area contributed by atoms with Crippen molar-refractivity contribution in [2.75, 3.05) is 0 Å². The number of halogens is 3. The first-order valence-corrected chi connectivity index (χ1v) is 6.44. The highest BCUT2D eigenvalue weighted by Crippen LogP contribution is 2.41. The van der Waals surface area contributed by atoms with E-state index in [0.717, 1.165) is 17.4 Å². The summed E-state index contributed by atoms with van der Waals surface area (Å²) in [4.78, 5) is 0. The Morgan fingerprint density at radius 1 is 1.15 bits per heavy atom. The molecule has 3 rings (SSSR count). The Balaban J connectivity index is 2.35. The highest BCUT2D eigenvalue weighted by Gasteiger charge is 2.41. The van der Waals surface area contributed by atoms with Crippen LogP contribution in [0, 0.1) is 0 Å². The molecule has 0 spiro atoms. The molecule has 0 radical (unpaired) electrons. The maximum Gasteiger partial charge on any atom is 0.418 e. The molecule has 2 aromatic rings. The van der Waals surface area contributed by atoms with E-state index < -0.39 is 12.3 Å². The Morgan fingerprint density at radius 3 is 2.65 bits per heavy atom. The average Bonchev–Trinajstić information content (AvgIpc) is 2.43. The number of aliphatic hydroxyl groups is 1. The van der Waals surface area contributed by atoms with Gasteiger partial charge in [-0.05, 0) is 34.7 Å². The zero-order chi connectivity index (χ0) is 14.3. The van der Waals surface area contributed by atoms with E-state index in [0.29, 0.717) is 17.4 Å². The maximum atomic E-state index is 13.0. The predicted molar refractivity (Wildman–Crippen MR) is 72.3 cm³/mol. The van der Waals surface area contributed by atoms with Crippen molar-refractivity contribution in [3.8, 4) is 0 Å². The topological polar surface area (TPSA) is 20.2 Å². The zero-order valence-electron chi connectivity index (χ0n) is 10.6. The average molecular weight is 278 g/mol. The number of allylic oxidation sites excluding steroid dienone is 1. The number of aryl methyl sites for hydroxylation is 1. The van der Waals surface area contributed by atoms with Crippen LogP contribution in [0.15, 0.2) is 36.4 Å². The summed E-state index contributed by atoms with van der Waals surface area (Å²) in [6.07, 6.45) is -2.06. The van der Waals surface area contributed by atoms with Crippen LogP contribution in [0.3, 0.4) is 0 Å². The third-order valence-electron chi connectivity index (χ3n) is 3.67. The van der Waals surface area contributed by atoms with Gasteiger partial charge in [0.25, 0.3) is 0 Å². The molecule has 0 aromatic heterocycles. The van der Waals surface area contributed by atoms with Crippen LogP contribution >= 0.6 is 0 Å². The van der Waals surface area contributed by atoms with Crippen molar-refractivity contribution in [3.63, 3.8) is 0 Å². The lowest BCUT2D eigenvalue weighted by molar-refractivity contribution is -0.206. The van der Waals surface area contributed by atoms with Gasteiger partial charge in [0.05, 0.1) is 0 Å². The number of fused-ring (bicyclic) bond motifs is 2. The zero-order valence-corrected chi connectivity index (χ0v) is 10.6. The third-order valence-corrected chi connectivity index (χ3v) is 3.67. The summed E-state index contributed by atoms with van der Waals surface area (Å²) in [5.74, 6) is 0. The van der Waals surface area contributed by atoms with Gasteiger partial charge in [-0.3, -0.25) is 0 Å². The second kappa shape index (κ2) is 4.63. The van der Waals surface area contributed by atoms with E-state index in [1.807, 2.05) is 12.1 Å². The lowest BCUT2D eigenvalue weighted by Crippen LogP contribution is -2.22. The molecule has 1 aliphatic carbocycles. The molecular weight excluding hydrogens is 265 g/mol. The molecule has 0 bridgehead atoms. The second-order valence-electron chi connectivity index (χ2n) is 4.97. The van der Waals surface area contributed by atoms with E-state index in [9.17, 15) is 18.3 Å². The van der Waals surface area contributed by atoms with Crippen LogP contribution < -0.4 is 0 Å². The van der Waals surface area contributed by atoms with Crippen LogP contribution in [0.2, 0.25) is 0 Å². The molecule has 1 atom stereocenters. The van der Waals surface area contributed by atoms with E-state index in [1.54, 1.807) is 30.3 Å². The minimum absolute atomic E-state index is 0.0263. The summed E-state index contributed by atoms with van der Waals surface area (Å²) in [7, 11) is 0. The number of benzene rings is 2. The van der Waals surface area contributed by atoms with Crippen LogP contribution in [-0.2, 0) is 6.42 Å². The van der Waals surface area contributed by atoms with Crippen LogP contribution in [0.5, 0.6) is 0 Å². The van der Waals surface area contributed by atoms with Gasteiger partial charge in [-0.25, -0.2) is 0 Å². The van der Waals surface area contributed by atoms with Gasteiger partial charge >= 0.3 is 6.18 Å². The Morgan fingerprint density at radius 2 is 1.90 bits per heavy atom. The summed E-state index contributed by atoms with van der Waals surface area (Å²) < 4.78 is 38.9. The Kier molecular flexibility index (Phi) is 3.05. The standard InChI is InChI=1S/C16H13F3O/c17-16(18,19)15(20)14-12-7-3-1-5-10(12)9-11-6-2-4-8-13(11)14/h1,3-5,7-9,15,20H,2,6H2. The molecule has 1 aliphatic rings. The molecule has 0 aliphatic heterocycles. The summed E-state index contributed by atoms with van der Waals surface area (Å²) in [5, 5.41) is 10.9. The molecule has 0 amide bonds. The molecule has 1 nitrogen and oxygen atoms in total. The van der Waals surface area contributed by atoms with Crippen molar-refractivity contribution in [3.05, 3.63) is 53.1 Å². The molecule has 1 unspecified atom stereocenters. The first kappa shape index (κ1) is 13.2. The minimum atomic E-state index is -4.66. The van der Waals surface area contributed by atoms with Crippen molar-refractivity contribution in [2.45, 2.75) is 25.1 Å². The van der Waals surface area contributed by atoms with E-state index in [4.69, 9.17) is 0 Å². The van der Waals surface area contributed by atoms with Crippen LogP contribution in [0.1, 0.15) is 29.2 Å². The number of hydrogen-bond donors (Lipinski definition) is 1. The smallest absolute Gasteiger partial charge is 0.379 e. The highest BCUT2D eigenvalue weighted by molar-refractivity contribution is 5.91. The summed E-state index contributed by atoms with van der Waals surface area (Å²) >= 11 is 0. The Bertz CT molecular complexity index is 686. The Hall–Kier alpha value is -1.81. The fraction of sp³-hybridized carbons (Fsp3) is 0.250. The normalized spacial score (nSPS) is 16.2. The summed E-state index contributed by atoms with van der Waals surface area (Å²) in [6.45, 7) is 0.